The van der Waals surface area contributed by atoms with Gasteiger partial charge in [0, 0.05) is 29.6 Å². The quantitative estimate of drug-likeness (QED) is 0.498. The van der Waals surface area contributed by atoms with Gasteiger partial charge in [-0.15, -0.1) is 0 Å². The third-order valence-electron chi connectivity index (χ3n) is 7.67. The molecule has 1 aromatic heterocycles. The highest BCUT2D eigenvalue weighted by Crippen LogP contribution is 2.48. The van der Waals surface area contributed by atoms with Gasteiger partial charge in [-0.3, -0.25) is 9.78 Å². The molecule has 4 rings (SSSR count). The first-order chi connectivity index (χ1) is 15.9. The molecule has 2 saturated heterocycles. The minimum absolute atomic E-state index is 0.194. The Labute approximate surface area is 200 Å². The molecular weight excluding hydrogens is 438 g/mol. The Morgan fingerprint density at radius 2 is 1.97 bits per heavy atom. The predicted octanol–water partition coefficient (Wildman–Crippen LogP) is 2.82. The van der Waals surface area contributed by atoms with E-state index in [0.29, 0.717) is 12.8 Å². The summed E-state index contributed by atoms with van der Waals surface area (Å²) in [5, 5.41) is 23.5. The molecule has 0 amide bonds. The summed E-state index contributed by atoms with van der Waals surface area (Å²) in [4.78, 5) is 30.1. The minimum atomic E-state index is -2.34. The van der Waals surface area contributed by atoms with Gasteiger partial charge in [0.25, 0.3) is 0 Å². The largest absolute Gasteiger partial charge is 0.453 e. The van der Waals surface area contributed by atoms with Crippen molar-refractivity contribution >= 4 is 11.8 Å². The molecule has 2 fully saturated rings. The van der Waals surface area contributed by atoms with Crippen LogP contribution in [0.1, 0.15) is 64.2 Å². The lowest BCUT2D eigenvalue weighted by atomic mass is 9.78. The number of nitrogens with zero attached hydrogens (tertiary/aromatic N) is 1. The van der Waals surface area contributed by atoms with Crippen molar-refractivity contribution in [1.29, 1.82) is 0 Å². The summed E-state index contributed by atoms with van der Waals surface area (Å²) in [6, 6.07) is 3.16. The average molecular weight is 474 g/mol. The molecule has 0 aliphatic carbocycles. The van der Waals surface area contributed by atoms with Crippen LogP contribution in [0.4, 0.5) is 0 Å². The fraction of sp³-hybridized carbons (Fsp3) is 0.654. The van der Waals surface area contributed by atoms with Crippen LogP contribution in [0, 0.1) is 17.3 Å². The van der Waals surface area contributed by atoms with Crippen molar-refractivity contribution in [1.82, 2.24) is 4.98 Å². The number of Topliss-reactive ketones (excluding diaryl/α,β-unsaturated/α-hetero) is 1. The number of aliphatic hydroxyl groups excluding tert-OH is 1. The molecule has 8 atom stereocenters. The van der Waals surface area contributed by atoms with E-state index in [1.165, 1.54) is 12.4 Å². The van der Waals surface area contributed by atoms with Gasteiger partial charge in [-0.25, -0.2) is 4.79 Å². The number of esters is 1. The van der Waals surface area contributed by atoms with Gasteiger partial charge in [0.15, 0.2) is 11.9 Å². The van der Waals surface area contributed by atoms with Crippen LogP contribution < -0.4 is 0 Å². The molecule has 0 aromatic carbocycles. The molecule has 1 aromatic rings. The molecule has 8 nitrogen and oxygen atoms in total. The molecule has 186 valence electrons. The van der Waals surface area contributed by atoms with Crippen molar-refractivity contribution in [3.05, 3.63) is 42.2 Å². The molecule has 4 heterocycles. The molecule has 4 bridgehead atoms. The van der Waals surface area contributed by atoms with E-state index >= 15 is 0 Å². The van der Waals surface area contributed by atoms with Crippen LogP contribution in [-0.4, -0.2) is 62.8 Å². The fourth-order valence-electron chi connectivity index (χ4n) is 5.38. The second-order valence-corrected chi connectivity index (χ2v) is 10.9. The maximum absolute atomic E-state index is 13.3. The summed E-state index contributed by atoms with van der Waals surface area (Å²) >= 11 is 0. The molecular formula is C26H35NO7. The minimum Gasteiger partial charge on any atom is -0.453 e. The summed E-state index contributed by atoms with van der Waals surface area (Å²) in [5.41, 5.74) is -1.34. The average Bonchev–Trinajstić information content (AvgIpc) is 3.23. The van der Waals surface area contributed by atoms with Crippen LogP contribution in [0.25, 0.3) is 0 Å². The Balaban J connectivity index is 1.74. The van der Waals surface area contributed by atoms with Crippen LogP contribution in [0.15, 0.2) is 36.7 Å². The van der Waals surface area contributed by atoms with Crippen molar-refractivity contribution in [2.24, 2.45) is 17.3 Å². The summed E-state index contributed by atoms with van der Waals surface area (Å²) in [6.45, 7) is 9.35. The number of rotatable bonds is 2. The van der Waals surface area contributed by atoms with E-state index in [1.54, 1.807) is 32.9 Å². The number of allylic oxidation sites excluding steroid dienone is 1. The van der Waals surface area contributed by atoms with E-state index in [4.69, 9.17) is 14.2 Å². The maximum atomic E-state index is 13.3. The first-order valence-corrected chi connectivity index (χ1v) is 12.0. The van der Waals surface area contributed by atoms with Gasteiger partial charge in [-0.2, -0.15) is 0 Å². The van der Waals surface area contributed by atoms with Crippen molar-refractivity contribution in [3.63, 3.8) is 0 Å². The van der Waals surface area contributed by atoms with E-state index in [1.807, 2.05) is 26.0 Å². The number of carbonyl (C=O) groups is 2. The van der Waals surface area contributed by atoms with E-state index in [0.717, 1.165) is 0 Å². The van der Waals surface area contributed by atoms with Crippen LogP contribution in [0.5, 0.6) is 0 Å². The zero-order valence-corrected chi connectivity index (χ0v) is 20.4. The molecule has 3 aliphatic rings. The van der Waals surface area contributed by atoms with Crippen LogP contribution in [0.2, 0.25) is 0 Å². The highest BCUT2D eigenvalue weighted by Gasteiger charge is 2.62. The molecule has 3 aliphatic heterocycles. The summed E-state index contributed by atoms with van der Waals surface area (Å²) in [7, 11) is 0. The summed E-state index contributed by atoms with van der Waals surface area (Å²) in [6.07, 6.45) is 4.13. The molecule has 0 saturated carbocycles. The fourth-order valence-corrected chi connectivity index (χ4v) is 5.38. The predicted molar refractivity (Wildman–Crippen MR) is 123 cm³/mol. The van der Waals surface area contributed by atoms with Gasteiger partial charge in [0.05, 0.1) is 17.3 Å². The SMILES string of the molecule is C[C@@H]1C[C@H]2O[C@@](O)([C@@H]1OC(=O)c1cccnc1)[C@@H](O)[C@@]1(C)CC[C@H](O1)C(C)(C)/C=C\[C@H](C)C2=O. The number of hydrogen-bond acceptors (Lipinski definition) is 8. The van der Waals surface area contributed by atoms with Gasteiger partial charge in [-0.1, -0.05) is 39.8 Å². The lowest BCUT2D eigenvalue weighted by molar-refractivity contribution is -0.362. The molecule has 0 unspecified atom stereocenters. The number of carbonyl (C=O) groups excluding carboxylic acids is 2. The van der Waals surface area contributed by atoms with Crippen LogP contribution >= 0.6 is 0 Å². The normalized spacial score (nSPS) is 42.9. The highest BCUT2D eigenvalue weighted by atomic mass is 16.7. The van der Waals surface area contributed by atoms with E-state index in [2.05, 4.69) is 4.98 Å². The lowest BCUT2D eigenvalue weighted by Crippen LogP contribution is -2.69. The number of aliphatic hydroxyl groups is 2. The first kappa shape index (κ1) is 25.0. The van der Waals surface area contributed by atoms with Crippen molar-refractivity contribution < 1.29 is 34.0 Å². The first-order valence-electron chi connectivity index (χ1n) is 12.0. The summed E-state index contributed by atoms with van der Waals surface area (Å²) < 4.78 is 18.1. The Morgan fingerprint density at radius 3 is 2.65 bits per heavy atom. The Morgan fingerprint density at radius 1 is 1.24 bits per heavy atom. The van der Waals surface area contributed by atoms with E-state index < -0.39 is 47.5 Å². The Bertz CT molecular complexity index is 963. The standard InChI is InChI=1S/C26H35NO7/c1-15-8-10-24(3,4)19-9-11-25(5,34-19)23(30)26(31)21(16(2)13-18(33-26)20(15)28)32-22(29)17-7-6-12-27-14-17/h6-8,10,12,14-16,18-19,21,23,30-31H,9,11,13H2,1-5H3/b10-8-/t15-,16+,18+,19-,21+,23-,25+,26-/m0/s1. The van der Waals surface area contributed by atoms with Gasteiger partial charge < -0.3 is 24.4 Å². The third kappa shape index (κ3) is 4.33. The maximum Gasteiger partial charge on any atom is 0.340 e. The number of ether oxygens (including phenoxy) is 3. The highest BCUT2D eigenvalue weighted by molar-refractivity contribution is 5.89. The van der Waals surface area contributed by atoms with E-state index in [-0.39, 0.29) is 29.3 Å². The number of aromatic nitrogens is 1. The second-order valence-electron chi connectivity index (χ2n) is 10.9. The van der Waals surface area contributed by atoms with Crippen molar-refractivity contribution in [2.75, 3.05) is 0 Å². The number of pyridine rings is 1. The molecule has 8 heteroatoms. The van der Waals surface area contributed by atoms with E-state index in [9.17, 15) is 19.8 Å². The Hall–Kier alpha value is -2.13. The Kier molecular flexibility index (Phi) is 6.48. The lowest BCUT2D eigenvalue weighted by Gasteiger charge is -2.51. The molecule has 34 heavy (non-hydrogen) atoms. The monoisotopic (exact) mass is 473 g/mol. The zero-order valence-electron chi connectivity index (χ0n) is 20.4. The molecule has 0 radical (unpaired) electrons. The van der Waals surface area contributed by atoms with Crippen molar-refractivity contribution in [3.8, 4) is 0 Å². The summed E-state index contributed by atoms with van der Waals surface area (Å²) in [5.74, 6) is -4.16. The third-order valence-corrected chi connectivity index (χ3v) is 7.67. The number of ketones is 1. The number of fused-ring (bicyclic) bond motifs is 4. The second kappa shape index (κ2) is 8.82. The van der Waals surface area contributed by atoms with Gasteiger partial charge in [0.2, 0.25) is 5.79 Å². The van der Waals surface area contributed by atoms with Crippen molar-refractivity contribution in [2.45, 2.75) is 89.7 Å². The molecule has 2 N–H and O–H groups in total. The van der Waals surface area contributed by atoms with Gasteiger partial charge >= 0.3 is 5.97 Å². The van der Waals surface area contributed by atoms with Crippen LogP contribution in [0.3, 0.4) is 0 Å². The molecule has 0 spiro atoms. The number of hydrogen-bond donors (Lipinski definition) is 2. The van der Waals surface area contributed by atoms with Gasteiger partial charge in [-0.05, 0) is 38.3 Å². The van der Waals surface area contributed by atoms with Crippen LogP contribution in [-0.2, 0) is 19.0 Å². The topological polar surface area (TPSA) is 115 Å². The van der Waals surface area contributed by atoms with Gasteiger partial charge in [0.1, 0.15) is 12.2 Å². The zero-order chi connectivity index (χ0) is 24.9. The smallest absolute Gasteiger partial charge is 0.340 e.